The molecule has 1 aromatic carbocycles. The topological polar surface area (TPSA) is 26.3 Å². The van der Waals surface area contributed by atoms with Crippen molar-refractivity contribution >= 4 is 6.29 Å². The molecule has 0 aromatic heterocycles. The molecule has 64 valence electrons. The van der Waals surface area contributed by atoms with Gasteiger partial charge in [0.1, 0.15) is 11.6 Å². The summed E-state index contributed by atoms with van der Waals surface area (Å²) in [6, 6.07) is 2.65. The number of halogens is 1. The largest absolute Gasteiger partial charge is 0.496 e. The Morgan fingerprint density at radius 3 is 2.67 bits per heavy atom. The van der Waals surface area contributed by atoms with Gasteiger partial charge in [-0.3, -0.25) is 4.79 Å². The maximum atomic E-state index is 12.9. The van der Waals surface area contributed by atoms with Gasteiger partial charge in [0.2, 0.25) is 0 Å². The van der Waals surface area contributed by atoms with Gasteiger partial charge in [-0.05, 0) is 19.1 Å². The Morgan fingerprint density at radius 2 is 2.17 bits per heavy atom. The molecule has 0 aliphatic rings. The molecule has 1 rings (SSSR count). The average Bonchev–Trinajstić information content (AvgIpc) is 2.09. The zero-order valence-corrected chi connectivity index (χ0v) is 6.93. The molecule has 3 heteroatoms. The minimum atomic E-state index is -0.363. The van der Waals surface area contributed by atoms with Crippen LogP contribution >= 0.6 is 0 Å². The molecule has 0 atom stereocenters. The fourth-order valence-electron chi connectivity index (χ4n) is 1.05. The summed E-state index contributed by atoms with van der Waals surface area (Å²) in [5.74, 6) is -0.0533. The predicted octanol–water partition coefficient (Wildman–Crippen LogP) is 1.96. The van der Waals surface area contributed by atoms with Crippen LogP contribution in [0.3, 0.4) is 0 Å². The minimum absolute atomic E-state index is 0.310. The molecule has 1 aromatic rings. The van der Waals surface area contributed by atoms with E-state index in [-0.39, 0.29) is 5.82 Å². The van der Waals surface area contributed by atoms with E-state index in [1.165, 1.54) is 19.2 Å². The third-order valence-electron chi connectivity index (χ3n) is 1.70. The van der Waals surface area contributed by atoms with Crippen LogP contribution < -0.4 is 4.74 Å². The van der Waals surface area contributed by atoms with E-state index in [1.54, 1.807) is 6.92 Å². The number of aldehydes is 1. The van der Waals surface area contributed by atoms with Crippen molar-refractivity contribution in [1.82, 2.24) is 0 Å². The van der Waals surface area contributed by atoms with Crippen molar-refractivity contribution in [1.29, 1.82) is 0 Å². The summed E-state index contributed by atoms with van der Waals surface area (Å²) in [6.45, 7) is 1.57. The molecule has 0 fully saturated rings. The van der Waals surface area contributed by atoms with Gasteiger partial charge >= 0.3 is 0 Å². The summed E-state index contributed by atoms with van der Waals surface area (Å²) in [4.78, 5) is 10.4. The number of carbonyl (C=O) groups is 1. The van der Waals surface area contributed by atoms with Gasteiger partial charge in [0.05, 0.1) is 12.7 Å². The molecule has 12 heavy (non-hydrogen) atoms. The Kier molecular flexibility index (Phi) is 2.43. The van der Waals surface area contributed by atoms with Crippen molar-refractivity contribution in [3.8, 4) is 5.75 Å². The van der Waals surface area contributed by atoms with Crippen LogP contribution in [0.4, 0.5) is 4.39 Å². The second kappa shape index (κ2) is 3.34. The van der Waals surface area contributed by atoms with Gasteiger partial charge in [-0.1, -0.05) is 0 Å². The van der Waals surface area contributed by atoms with Crippen LogP contribution in [0.2, 0.25) is 0 Å². The lowest BCUT2D eigenvalue weighted by Gasteiger charge is -2.06. The lowest BCUT2D eigenvalue weighted by atomic mass is 10.1. The minimum Gasteiger partial charge on any atom is -0.496 e. The first-order chi connectivity index (χ1) is 5.70. The highest BCUT2D eigenvalue weighted by Gasteiger charge is 2.08. The molecule has 2 nitrogen and oxygen atoms in total. The van der Waals surface area contributed by atoms with E-state index in [0.717, 1.165) is 0 Å². The quantitative estimate of drug-likeness (QED) is 0.631. The van der Waals surface area contributed by atoms with Gasteiger partial charge in [0, 0.05) is 5.56 Å². The number of hydrogen-bond donors (Lipinski definition) is 0. The Bertz CT molecular complexity index is 308. The Morgan fingerprint density at radius 1 is 1.50 bits per heavy atom. The molecular weight excluding hydrogens is 159 g/mol. The Labute approximate surface area is 70.0 Å². The molecule has 0 N–H and O–H groups in total. The molecule has 0 aliphatic carbocycles. The number of ether oxygens (including phenoxy) is 1. The first-order valence-corrected chi connectivity index (χ1v) is 3.49. The van der Waals surface area contributed by atoms with E-state index < -0.39 is 0 Å². The summed E-state index contributed by atoms with van der Waals surface area (Å²) < 4.78 is 17.8. The molecule has 0 spiro atoms. The van der Waals surface area contributed by atoms with E-state index in [0.29, 0.717) is 23.2 Å². The number of carbonyl (C=O) groups excluding carboxylic acids is 1. The van der Waals surface area contributed by atoms with Crippen molar-refractivity contribution in [2.75, 3.05) is 7.11 Å². The van der Waals surface area contributed by atoms with Crippen molar-refractivity contribution in [3.63, 3.8) is 0 Å². The first kappa shape index (κ1) is 8.71. The van der Waals surface area contributed by atoms with E-state index in [4.69, 9.17) is 4.74 Å². The van der Waals surface area contributed by atoms with Crippen LogP contribution in [0.5, 0.6) is 5.75 Å². The number of methoxy groups -OCH3 is 1. The van der Waals surface area contributed by atoms with E-state index in [9.17, 15) is 9.18 Å². The van der Waals surface area contributed by atoms with Gasteiger partial charge in [-0.2, -0.15) is 0 Å². The normalized spacial score (nSPS) is 9.58. The lowest BCUT2D eigenvalue weighted by Crippen LogP contribution is -1.95. The van der Waals surface area contributed by atoms with Gasteiger partial charge in [-0.25, -0.2) is 4.39 Å². The Balaban J connectivity index is 3.35. The fraction of sp³-hybridized carbons (Fsp3) is 0.222. The van der Waals surface area contributed by atoms with Crippen LogP contribution in [0, 0.1) is 12.7 Å². The van der Waals surface area contributed by atoms with Gasteiger partial charge in [-0.15, -0.1) is 0 Å². The lowest BCUT2D eigenvalue weighted by molar-refractivity contribution is 0.112. The molecule has 0 unspecified atom stereocenters. The summed E-state index contributed by atoms with van der Waals surface area (Å²) in [5, 5.41) is 0. The van der Waals surface area contributed by atoms with Gasteiger partial charge < -0.3 is 4.74 Å². The van der Waals surface area contributed by atoms with Gasteiger partial charge in [0.15, 0.2) is 6.29 Å². The van der Waals surface area contributed by atoms with E-state index in [1.807, 2.05) is 0 Å². The second-order valence-electron chi connectivity index (χ2n) is 2.41. The van der Waals surface area contributed by atoms with Crippen molar-refractivity contribution in [2.24, 2.45) is 0 Å². The number of rotatable bonds is 2. The summed E-state index contributed by atoms with van der Waals surface area (Å²) in [6.07, 6.45) is 0.644. The second-order valence-corrected chi connectivity index (χ2v) is 2.41. The van der Waals surface area contributed by atoms with Crippen molar-refractivity contribution in [3.05, 3.63) is 29.1 Å². The van der Waals surface area contributed by atoms with Crippen LogP contribution in [-0.2, 0) is 0 Å². The molecule has 0 saturated carbocycles. The standard InChI is InChI=1S/C9H9FO2/c1-6-8(10)4-3-7(5-11)9(6)12-2/h3-5H,1-2H3. The summed E-state index contributed by atoms with van der Waals surface area (Å²) in [7, 11) is 1.41. The summed E-state index contributed by atoms with van der Waals surface area (Å²) in [5.41, 5.74) is 0.735. The zero-order chi connectivity index (χ0) is 9.14. The Hall–Kier alpha value is -1.38. The van der Waals surface area contributed by atoms with E-state index in [2.05, 4.69) is 0 Å². The smallest absolute Gasteiger partial charge is 0.153 e. The highest BCUT2D eigenvalue weighted by Crippen LogP contribution is 2.23. The van der Waals surface area contributed by atoms with E-state index >= 15 is 0 Å². The van der Waals surface area contributed by atoms with Crippen molar-refractivity contribution in [2.45, 2.75) is 6.92 Å². The molecule has 0 heterocycles. The molecule has 0 aliphatic heterocycles. The molecule has 0 bridgehead atoms. The first-order valence-electron chi connectivity index (χ1n) is 3.49. The molecule has 0 saturated heterocycles. The zero-order valence-electron chi connectivity index (χ0n) is 6.93. The van der Waals surface area contributed by atoms with Crippen molar-refractivity contribution < 1.29 is 13.9 Å². The van der Waals surface area contributed by atoms with Crippen LogP contribution in [0.15, 0.2) is 12.1 Å². The molecular formula is C9H9FO2. The third-order valence-corrected chi connectivity index (χ3v) is 1.70. The summed E-state index contributed by atoms with van der Waals surface area (Å²) >= 11 is 0. The number of hydrogen-bond acceptors (Lipinski definition) is 2. The monoisotopic (exact) mass is 168 g/mol. The predicted molar refractivity (Wildman–Crippen MR) is 43.1 cm³/mol. The average molecular weight is 168 g/mol. The SMILES string of the molecule is COc1c(C=O)ccc(F)c1C. The van der Waals surface area contributed by atoms with Gasteiger partial charge in [0.25, 0.3) is 0 Å². The third kappa shape index (κ3) is 1.30. The highest BCUT2D eigenvalue weighted by molar-refractivity contribution is 5.80. The molecule has 0 amide bonds. The van der Waals surface area contributed by atoms with Crippen LogP contribution in [0.1, 0.15) is 15.9 Å². The maximum absolute atomic E-state index is 12.9. The highest BCUT2D eigenvalue weighted by atomic mass is 19.1. The number of benzene rings is 1. The van der Waals surface area contributed by atoms with Crippen LogP contribution in [-0.4, -0.2) is 13.4 Å². The molecule has 0 radical (unpaired) electrons. The fourth-order valence-corrected chi connectivity index (χ4v) is 1.05. The van der Waals surface area contributed by atoms with Crippen LogP contribution in [0.25, 0.3) is 0 Å². The maximum Gasteiger partial charge on any atom is 0.153 e.